The van der Waals surface area contributed by atoms with Crippen molar-refractivity contribution in [3.63, 3.8) is 0 Å². The summed E-state index contributed by atoms with van der Waals surface area (Å²) in [5, 5.41) is 3.25. The average molecular weight is 496 g/mol. The highest BCUT2D eigenvalue weighted by atomic mass is 35.5. The van der Waals surface area contributed by atoms with Crippen LogP contribution in [0.15, 0.2) is 12.2 Å². The lowest BCUT2D eigenvalue weighted by Gasteiger charge is -2.48. The van der Waals surface area contributed by atoms with Gasteiger partial charge in [0, 0.05) is 26.2 Å². The van der Waals surface area contributed by atoms with E-state index < -0.39 is 6.04 Å². The molecule has 0 aromatic heterocycles. The van der Waals surface area contributed by atoms with Gasteiger partial charge in [-0.15, -0.1) is 11.6 Å². The lowest BCUT2D eigenvalue weighted by molar-refractivity contribution is -0.146. The fraction of sp³-hybridized carbons (Fsp3) is 0.852. The minimum Gasteiger partial charge on any atom is -0.360 e. The van der Waals surface area contributed by atoms with Crippen LogP contribution >= 0.6 is 11.6 Å². The predicted molar refractivity (Wildman–Crippen MR) is 138 cm³/mol. The molecule has 2 amide bonds. The number of carbonyl (C=O) groups is 2. The van der Waals surface area contributed by atoms with Gasteiger partial charge in [-0.2, -0.15) is 0 Å². The SMILES string of the molecule is CC(C)[C@@H](NC(=O)C1CN(COC(C)(C)C)C1)C(=O)N1CCC(C2C=CC(Cl)CC2)C(C)(C)C1. The Morgan fingerprint density at radius 1 is 1.15 bits per heavy atom. The molecule has 0 aromatic rings. The molecule has 1 aliphatic carbocycles. The molecule has 0 saturated carbocycles. The van der Waals surface area contributed by atoms with Crippen molar-refractivity contribution >= 4 is 23.4 Å². The highest BCUT2D eigenvalue weighted by Crippen LogP contribution is 2.43. The maximum atomic E-state index is 13.5. The second kappa shape index (κ2) is 10.9. The van der Waals surface area contributed by atoms with E-state index in [9.17, 15) is 9.59 Å². The minimum atomic E-state index is -0.480. The fourth-order valence-electron chi connectivity index (χ4n) is 5.61. The molecule has 2 fully saturated rings. The number of nitrogens with one attached hydrogen (secondary N) is 1. The molecule has 0 spiro atoms. The summed E-state index contributed by atoms with van der Waals surface area (Å²) in [4.78, 5) is 30.6. The van der Waals surface area contributed by atoms with Crippen molar-refractivity contribution in [2.45, 2.75) is 84.7 Å². The van der Waals surface area contributed by atoms with Gasteiger partial charge in [-0.05, 0) is 63.2 Å². The van der Waals surface area contributed by atoms with Crippen LogP contribution in [-0.2, 0) is 14.3 Å². The normalized spacial score (nSPS) is 29.1. The van der Waals surface area contributed by atoms with Crippen molar-refractivity contribution in [2.75, 3.05) is 32.9 Å². The Balaban J connectivity index is 1.54. The monoisotopic (exact) mass is 495 g/mol. The highest BCUT2D eigenvalue weighted by Gasteiger charge is 2.43. The molecule has 1 N–H and O–H groups in total. The molecule has 194 valence electrons. The second-order valence-corrected chi connectivity index (χ2v) is 13.2. The van der Waals surface area contributed by atoms with Crippen molar-refractivity contribution in [1.29, 1.82) is 0 Å². The van der Waals surface area contributed by atoms with Crippen molar-refractivity contribution in [1.82, 2.24) is 15.1 Å². The van der Waals surface area contributed by atoms with Gasteiger partial charge in [-0.3, -0.25) is 14.5 Å². The van der Waals surface area contributed by atoms with Gasteiger partial charge in [0.1, 0.15) is 6.04 Å². The summed E-state index contributed by atoms with van der Waals surface area (Å²) in [7, 11) is 0. The maximum Gasteiger partial charge on any atom is 0.245 e. The standard InChI is InChI=1S/C27H46ClN3O3/c1-18(2)23(29-24(32)20-14-30(15-20)17-34-26(3,4)5)25(33)31-13-12-22(27(6,7)16-31)19-8-10-21(28)11-9-19/h8,10,18-23H,9,11-17H2,1-7H3,(H,29,32)/t19?,21?,22?,23-/m1/s1. The molecule has 0 bridgehead atoms. The van der Waals surface area contributed by atoms with Gasteiger partial charge < -0.3 is 15.0 Å². The number of carbonyl (C=O) groups excluding carboxylic acids is 2. The molecule has 7 heteroatoms. The number of ether oxygens (including phenoxy) is 1. The van der Waals surface area contributed by atoms with Crippen LogP contribution in [0.4, 0.5) is 0 Å². The van der Waals surface area contributed by atoms with Gasteiger partial charge in [0.25, 0.3) is 0 Å². The Hall–Kier alpha value is -1.11. The topological polar surface area (TPSA) is 61.9 Å². The van der Waals surface area contributed by atoms with E-state index in [0.29, 0.717) is 31.7 Å². The Kier molecular flexibility index (Phi) is 8.79. The van der Waals surface area contributed by atoms with Crippen LogP contribution in [0.2, 0.25) is 0 Å². The number of hydrogen-bond acceptors (Lipinski definition) is 4. The number of alkyl halides is 1. The van der Waals surface area contributed by atoms with E-state index in [1.54, 1.807) is 0 Å². The first-order chi connectivity index (χ1) is 15.8. The number of likely N-dealkylation sites (tertiary alicyclic amines) is 2. The van der Waals surface area contributed by atoms with E-state index in [4.69, 9.17) is 16.3 Å². The number of halogens is 1. The third-order valence-corrected chi connectivity index (χ3v) is 8.09. The van der Waals surface area contributed by atoms with E-state index in [2.05, 4.69) is 36.2 Å². The lowest BCUT2D eigenvalue weighted by atomic mass is 9.65. The Morgan fingerprint density at radius 2 is 1.82 bits per heavy atom. The summed E-state index contributed by atoms with van der Waals surface area (Å²) in [6.07, 6.45) is 7.59. The Bertz CT molecular complexity index is 755. The molecule has 2 heterocycles. The first-order valence-corrected chi connectivity index (χ1v) is 13.5. The quantitative estimate of drug-likeness (QED) is 0.423. The van der Waals surface area contributed by atoms with Crippen molar-refractivity contribution < 1.29 is 14.3 Å². The van der Waals surface area contributed by atoms with Gasteiger partial charge in [0.2, 0.25) is 11.8 Å². The highest BCUT2D eigenvalue weighted by molar-refractivity contribution is 6.21. The number of rotatable bonds is 7. The molecule has 2 saturated heterocycles. The summed E-state index contributed by atoms with van der Waals surface area (Å²) in [6.45, 7) is 18.0. The Morgan fingerprint density at radius 3 is 2.35 bits per heavy atom. The van der Waals surface area contributed by atoms with Crippen LogP contribution in [0.5, 0.6) is 0 Å². The molecule has 34 heavy (non-hydrogen) atoms. The fourth-order valence-corrected chi connectivity index (χ4v) is 5.82. The maximum absolute atomic E-state index is 13.5. The number of nitrogens with zero attached hydrogens (tertiary/aromatic N) is 2. The number of piperidine rings is 1. The smallest absolute Gasteiger partial charge is 0.245 e. The summed E-state index contributed by atoms with van der Waals surface area (Å²) in [5.41, 5.74) is -0.168. The van der Waals surface area contributed by atoms with Crippen LogP contribution in [-0.4, -0.2) is 71.5 Å². The first-order valence-electron chi connectivity index (χ1n) is 13.0. The molecule has 0 radical (unpaired) electrons. The van der Waals surface area contributed by atoms with E-state index in [0.717, 1.165) is 32.4 Å². The predicted octanol–water partition coefficient (Wildman–Crippen LogP) is 4.28. The van der Waals surface area contributed by atoms with Crippen molar-refractivity contribution in [3.05, 3.63) is 12.2 Å². The van der Waals surface area contributed by atoms with Gasteiger partial charge in [0.15, 0.2) is 0 Å². The van der Waals surface area contributed by atoms with E-state index in [-0.39, 0.29) is 40.0 Å². The molecule has 6 nitrogen and oxygen atoms in total. The largest absolute Gasteiger partial charge is 0.360 e. The van der Waals surface area contributed by atoms with E-state index in [1.165, 1.54) is 0 Å². The van der Waals surface area contributed by atoms with Crippen LogP contribution in [0.3, 0.4) is 0 Å². The van der Waals surface area contributed by atoms with Crippen molar-refractivity contribution in [2.24, 2.45) is 29.1 Å². The van der Waals surface area contributed by atoms with Crippen molar-refractivity contribution in [3.8, 4) is 0 Å². The average Bonchev–Trinajstić information content (AvgIpc) is 2.69. The van der Waals surface area contributed by atoms with E-state index >= 15 is 0 Å². The first kappa shape index (κ1) is 27.5. The number of hydrogen-bond donors (Lipinski definition) is 1. The second-order valence-electron chi connectivity index (χ2n) is 12.6. The third kappa shape index (κ3) is 6.98. The minimum absolute atomic E-state index is 0.0174. The zero-order chi connectivity index (χ0) is 25.3. The summed E-state index contributed by atoms with van der Waals surface area (Å²) < 4.78 is 5.80. The van der Waals surface area contributed by atoms with Crippen LogP contribution < -0.4 is 5.32 Å². The van der Waals surface area contributed by atoms with Gasteiger partial charge in [-0.1, -0.05) is 39.8 Å². The summed E-state index contributed by atoms with van der Waals surface area (Å²) >= 11 is 6.26. The summed E-state index contributed by atoms with van der Waals surface area (Å²) in [6, 6.07) is -0.480. The van der Waals surface area contributed by atoms with E-state index in [1.807, 2.05) is 39.5 Å². The third-order valence-electron chi connectivity index (χ3n) is 7.72. The molecule has 4 atom stereocenters. The zero-order valence-corrected chi connectivity index (χ0v) is 23.0. The summed E-state index contributed by atoms with van der Waals surface area (Å²) in [5.74, 6) is 1.08. The van der Waals surface area contributed by atoms with Crippen LogP contribution in [0.1, 0.15) is 67.7 Å². The Labute approximate surface area is 211 Å². The molecular formula is C27H46ClN3O3. The lowest BCUT2D eigenvalue weighted by Crippen LogP contribution is -2.60. The molecular weight excluding hydrogens is 450 g/mol. The van der Waals surface area contributed by atoms with Gasteiger partial charge >= 0.3 is 0 Å². The molecule has 3 unspecified atom stereocenters. The number of allylic oxidation sites excluding steroid dienone is 2. The molecule has 0 aromatic carbocycles. The molecule has 3 rings (SSSR count). The zero-order valence-electron chi connectivity index (χ0n) is 22.3. The number of amides is 2. The van der Waals surface area contributed by atoms with Crippen LogP contribution in [0.25, 0.3) is 0 Å². The van der Waals surface area contributed by atoms with Crippen LogP contribution in [0, 0.1) is 29.1 Å². The van der Waals surface area contributed by atoms with Gasteiger partial charge in [0.05, 0.1) is 23.6 Å². The molecule has 3 aliphatic rings. The molecule has 2 aliphatic heterocycles. The van der Waals surface area contributed by atoms with Gasteiger partial charge in [-0.25, -0.2) is 0 Å².